The predicted molar refractivity (Wildman–Crippen MR) is 102 cm³/mol. The normalized spacial score (nSPS) is 13.2. The van der Waals surface area contributed by atoms with Gasteiger partial charge in [0.2, 0.25) is 6.79 Å². The first kappa shape index (κ1) is 15.7. The van der Waals surface area contributed by atoms with E-state index in [0.29, 0.717) is 6.79 Å². The average Bonchev–Trinajstić information content (AvgIpc) is 3.10. The fourth-order valence-corrected chi connectivity index (χ4v) is 3.17. The number of fused-ring (bicyclic) bond motifs is 2. The van der Waals surface area contributed by atoms with Crippen LogP contribution in [0.3, 0.4) is 0 Å². The minimum Gasteiger partial charge on any atom is -0.454 e. The fourth-order valence-electron chi connectivity index (χ4n) is 3.17. The number of nitrogens with zero attached hydrogens (tertiary/aromatic N) is 1. The summed E-state index contributed by atoms with van der Waals surface area (Å²) in [4.78, 5) is 2.28. The number of hydrogen-bond donors (Lipinski definition) is 0. The van der Waals surface area contributed by atoms with Gasteiger partial charge in [-0.3, -0.25) is 4.90 Å². The van der Waals surface area contributed by atoms with E-state index in [0.717, 1.165) is 24.6 Å². The van der Waals surface area contributed by atoms with E-state index in [9.17, 15) is 0 Å². The Bertz CT molecular complexity index is 912. The van der Waals surface area contributed by atoms with E-state index in [1.807, 2.05) is 6.07 Å². The van der Waals surface area contributed by atoms with Crippen molar-refractivity contribution in [2.75, 3.05) is 20.4 Å². The molecule has 0 bridgehead atoms. The summed E-state index contributed by atoms with van der Waals surface area (Å²) in [5.41, 5.74) is 2.49. The smallest absolute Gasteiger partial charge is 0.231 e. The van der Waals surface area contributed by atoms with Crippen LogP contribution in [0.5, 0.6) is 11.5 Å². The number of hydrogen-bond acceptors (Lipinski definition) is 3. The summed E-state index contributed by atoms with van der Waals surface area (Å²) in [5, 5.41) is 2.57. The summed E-state index contributed by atoms with van der Waals surface area (Å²) >= 11 is 0. The van der Waals surface area contributed by atoms with Crippen LogP contribution < -0.4 is 9.47 Å². The summed E-state index contributed by atoms with van der Waals surface area (Å²) in [5.74, 6) is 1.68. The molecule has 0 fully saturated rings. The molecule has 3 heteroatoms. The monoisotopic (exact) mass is 331 g/mol. The molecule has 0 radical (unpaired) electrons. The average molecular weight is 331 g/mol. The van der Waals surface area contributed by atoms with Gasteiger partial charge in [-0.25, -0.2) is 0 Å². The highest BCUT2D eigenvalue weighted by Gasteiger charge is 2.13. The third-order valence-corrected chi connectivity index (χ3v) is 4.43. The third kappa shape index (κ3) is 3.52. The molecule has 3 aromatic rings. The molecule has 0 amide bonds. The van der Waals surface area contributed by atoms with Gasteiger partial charge in [0.15, 0.2) is 11.5 Å². The molecule has 4 rings (SSSR count). The van der Waals surface area contributed by atoms with Gasteiger partial charge < -0.3 is 9.47 Å². The zero-order chi connectivity index (χ0) is 17.1. The van der Waals surface area contributed by atoms with Crippen molar-refractivity contribution in [3.8, 4) is 11.5 Å². The van der Waals surface area contributed by atoms with Gasteiger partial charge in [-0.1, -0.05) is 60.7 Å². The molecule has 0 atom stereocenters. The standard InChI is InChI=1S/C22H21NO2/c1-23(15-17-11-12-21-22(14-17)25-16-24-21)13-5-9-19-8-4-7-18-6-2-3-10-20(18)19/h2-12,14H,13,15-16H2,1H3/b9-5+. The zero-order valence-electron chi connectivity index (χ0n) is 14.3. The van der Waals surface area contributed by atoms with E-state index in [4.69, 9.17) is 9.47 Å². The highest BCUT2D eigenvalue weighted by molar-refractivity contribution is 5.90. The predicted octanol–water partition coefficient (Wildman–Crippen LogP) is 4.71. The van der Waals surface area contributed by atoms with Crippen LogP contribution >= 0.6 is 0 Å². The topological polar surface area (TPSA) is 21.7 Å². The first-order valence-corrected chi connectivity index (χ1v) is 8.51. The van der Waals surface area contributed by atoms with Crippen molar-refractivity contribution in [3.05, 3.63) is 77.9 Å². The van der Waals surface area contributed by atoms with E-state index >= 15 is 0 Å². The summed E-state index contributed by atoms with van der Waals surface area (Å²) < 4.78 is 10.8. The van der Waals surface area contributed by atoms with Crippen molar-refractivity contribution in [1.82, 2.24) is 4.90 Å². The van der Waals surface area contributed by atoms with Gasteiger partial charge >= 0.3 is 0 Å². The molecule has 1 aliphatic heterocycles. The number of ether oxygens (including phenoxy) is 2. The highest BCUT2D eigenvalue weighted by Crippen LogP contribution is 2.32. The van der Waals surface area contributed by atoms with Crippen molar-refractivity contribution in [3.63, 3.8) is 0 Å². The van der Waals surface area contributed by atoms with Crippen molar-refractivity contribution in [2.24, 2.45) is 0 Å². The van der Waals surface area contributed by atoms with Gasteiger partial charge in [0.25, 0.3) is 0 Å². The van der Waals surface area contributed by atoms with E-state index in [-0.39, 0.29) is 0 Å². The number of benzene rings is 3. The minimum absolute atomic E-state index is 0.322. The van der Waals surface area contributed by atoms with Crippen molar-refractivity contribution >= 4 is 16.8 Å². The van der Waals surface area contributed by atoms with Crippen LogP contribution in [0, 0.1) is 0 Å². The molecule has 0 spiro atoms. The Balaban J connectivity index is 1.41. The first-order valence-electron chi connectivity index (χ1n) is 8.51. The summed E-state index contributed by atoms with van der Waals surface area (Å²) in [6.45, 7) is 2.08. The molecule has 0 aromatic heterocycles. The van der Waals surface area contributed by atoms with Gasteiger partial charge in [-0.2, -0.15) is 0 Å². The van der Waals surface area contributed by atoms with Crippen molar-refractivity contribution in [2.45, 2.75) is 6.54 Å². The quantitative estimate of drug-likeness (QED) is 0.675. The zero-order valence-corrected chi connectivity index (χ0v) is 14.3. The summed E-state index contributed by atoms with van der Waals surface area (Å²) in [6.07, 6.45) is 4.42. The van der Waals surface area contributed by atoms with Crippen LogP contribution in [0.1, 0.15) is 11.1 Å². The molecule has 0 N–H and O–H groups in total. The van der Waals surface area contributed by atoms with Gasteiger partial charge in [0.05, 0.1) is 0 Å². The highest BCUT2D eigenvalue weighted by atomic mass is 16.7. The minimum atomic E-state index is 0.322. The molecule has 126 valence electrons. The maximum absolute atomic E-state index is 5.45. The Morgan fingerprint density at radius 3 is 2.76 bits per heavy atom. The molecule has 1 heterocycles. The Kier molecular flexibility index (Phi) is 4.40. The maximum Gasteiger partial charge on any atom is 0.231 e. The molecule has 0 unspecified atom stereocenters. The van der Waals surface area contributed by atoms with Gasteiger partial charge in [0.1, 0.15) is 0 Å². The van der Waals surface area contributed by atoms with Gasteiger partial charge in [-0.05, 0) is 41.1 Å². The largest absolute Gasteiger partial charge is 0.454 e. The van der Waals surface area contributed by atoms with Crippen LogP contribution in [0.25, 0.3) is 16.8 Å². The second kappa shape index (κ2) is 6.99. The summed E-state index contributed by atoms with van der Waals surface area (Å²) in [6, 6.07) is 21.1. The van der Waals surface area contributed by atoms with E-state index in [2.05, 4.69) is 78.7 Å². The second-order valence-corrected chi connectivity index (χ2v) is 6.36. The SMILES string of the molecule is CN(C/C=C/c1cccc2ccccc12)Cc1ccc2c(c1)OCO2. The molecule has 3 aromatic carbocycles. The van der Waals surface area contributed by atoms with Crippen LogP contribution in [0.15, 0.2) is 66.7 Å². The van der Waals surface area contributed by atoms with Crippen molar-refractivity contribution < 1.29 is 9.47 Å². The van der Waals surface area contributed by atoms with Gasteiger partial charge in [-0.15, -0.1) is 0 Å². The lowest BCUT2D eigenvalue weighted by Gasteiger charge is -2.14. The molecular formula is C22H21NO2. The number of likely N-dealkylation sites (N-methyl/N-ethyl adjacent to an activating group) is 1. The second-order valence-electron chi connectivity index (χ2n) is 6.36. The lowest BCUT2D eigenvalue weighted by Crippen LogP contribution is -2.17. The maximum atomic E-state index is 5.45. The van der Waals surface area contributed by atoms with Gasteiger partial charge in [0, 0.05) is 13.1 Å². The lowest BCUT2D eigenvalue weighted by atomic mass is 10.0. The number of rotatable bonds is 5. The Labute approximate surface area is 148 Å². The van der Waals surface area contributed by atoms with Crippen LogP contribution in [-0.4, -0.2) is 25.3 Å². The van der Waals surface area contributed by atoms with Crippen LogP contribution in [-0.2, 0) is 6.54 Å². The molecule has 0 aliphatic carbocycles. The van der Waals surface area contributed by atoms with E-state index < -0.39 is 0 Å². The molecule has 0 saturated carbocycles. The Morgan fingerprint density at radius 1 is 0.960 bits per heavy atom. The molecule has 25 heavy (non-hydrogen) atoms. The molecule has 1 aliphatic rings. The van der Waals surface area contributed by atoms with Crippen LogP contribution in [0.4, 0.5) is 0 Å². The fraction of sp³-hybridized carbons (Fsp3) is 0.182. The van der Waals surface area contributed by atoms with E-state index in [1.54, 1.807) is 0 Å². The molecule has 0 saturated heterocycles. The molecular weight excluding hydrogens is 310 g/mol. The lowest BCUT2D eigenvalue weighted by molar-refractivity contribution is 0.174. The Hall–Kier alpha value is -2.78. The summed E-state index contributed by atoms with van der Waals surface area (Å²) in [7, 11) is 2.12. The molecule has 3 nitrogen and oxygen atoms in total. The first-order chi connectivity index (χ1) is 12.3. The Morgan fingerprint density at radius 2 is 1.80 bits per heavy atom. The van der Waals surface area contributed by atoms with E-state index in [1.165, 1.54) is 21.9 Å². The van der Waals surface area contributed by atoms with Crippen molar-refractivity contribution in [1.29, 1.82) is 0 Å². The third-order valence-electron chi connectivity index (χ3n) is 4.43. The van der Waals surface area contributed by atoms with Crippen LogP contribution in [0.2, 0.25) is 0 Å².